The summed E-state index contributed by atoms with van der Waals surface area (Å²) in [6.45, 7) is 2.37. The number of aromatic amines is 1. The van der Waals surface area contributed by atoms with Crippen molar-refractivity contribution in [2.45, 2.75) is 13.3 Å². The van der Waals surface area contributed by atoms with Gasteiger partial charge < -0.3 is 15.0 Å². The maximum Gasteiger partial charge on any atom is 0.307 e. The number of aromatic nitrogens is 1. The quantitative estimate of drug-likeness (QED) is 0.806. The molecule has 1 aromatic heterocycles. The third-order valence-corrected chi connectivity index (χ3v) is 2.28. The van der Waals surface area contributed by atoms with Crippen molar-refractivity contribution in [1.82, 2.24) is 10.3 Å². The number of esters is 1. The molecule has 0 saturated carbocycles. The lowest BCUT2D eigenvalue weighted by molar-refractivity contribution is -0.142. The molecule has 0 aliphatic heterocycles. The molecular formula is C10H13BrN2O3. The molecule has 0 aromatic carbocycles. The highest BCUT2D eigenvalue weighted by Crippen LogP contribution is 2.08. The first-order valence-electron chi connectivity index (χ1n) is 4.91. The monoisotopic (exact) mass is 288 g/mol. The van der Waals surface area contributed by atoms with Crippen LogP contribution in [0.15, 0.2) is 16.7 Å². The predicted octanol–water partition coefficient (Wildman–Crippen LogP) is 1.46. The molecular weight excluding hydrogens is 276 g/mol. The van der Waals surface area contributed by atoms with Gasteiger partial charge in [-0.15, -0.1) is 0 Å². The van der Waals surface area contributed by atoms with Gasteiger partial charge in [0, 0.05) is 6.54 Å². The van der Waals surface area contributed by atoms with Gasteiger partial charge in [-0.25, -0.2) is 0 Å². The molecule has 0 atom stereocenters. The summed E-state index contributed by atoms with van der Waals surface area (Å²) in [6.07, 6.45) is 0.182. The third kappa shape index (κ3) is 4.06. The summed E-state index contributed by atoms with van der Waals surface area (Å²) >= 11 is 3.20. The van der Waals surface area contributed by atoms with E-state index in [2.05, 4.69) is 26.2 Å². The van der Waals surface area contributed by atoms with Crippen LogP contribution in [0.3, 0.4) is 0 Å². The zero-order valence-electron chi connectivity index (χ0n) is 8.88. The Morgan fingerprint density at radius 3 is 2.81 bits per heavy atom. The van der Waals surface area contributed by atoms with E-state index in [0.29, 0.717) is 12.3 Å². The highest BCUT2D eigenvalue weighted by atomic mass is 79.9. The van der Waals surface area contributed by atoms with E-state index < -0.39 is 0 Å². The van der Waals surface area contributed by atoms with Crippen molar-refractivity contribution in [3.8, 4) is 0 Å². The van der Waals surface area contributed by atoms with Crippen molar-refractivity contribution in [2.75, 3.05) is 13.2 Å². The topological polar surface area (TPSA) is 71.2 Å². The van der Waals surface area contributed by atoms with E-state index in [-0.39, 0.29) is 24.8 Å². The van der Waals surface area contributed by atoms with Crippen molar-refractivity contribution >= 4 is 27.8 Å². The van der Waals surface area contributed by atoms with Gasteiger partial charge >= 0.3 is 5.97 Å². The Bertz CT molecular complexity index is 376. The van der Waals surface area contributed by atoms with E-state index in [1.54, 1.807) is 19.1 Å². The molecule has 88 valence electrons. The third-order valence-electron chi connectivity index (χ3n) is 1.82. The molecule has 0 aliphatic rings. The maximum absolute atomic E-state index is 11.5. The van der Waals surface area contributed by atoms with Crippen molar-refractivity contribution in [3.05, 3.63) is 22.4 Å². The fraction of sp³-hybridized carbons (Fsp3) is 0.400. The number of rotatable bonds is 5. The lowest BCUT2D eigenvalue weighted by Gasteiger charge is -2.03. The Labute approximate surface area is 102 Å². The number of ether oxygens (including phenoxy) is 1. The van der Waals surface area contributed by atoms with Crippen LogP contribution in [0.4, 0.5) is 0 Å². The van der Waals surface area contributed by atoms with Crippen LogP contribution in [0.1, 0.15) is 23.8 Å². The largest absolute Gasteiger partial charge is 0.466 e. The molecule has 0 aliphatic carbocycles. The predicted molar refractivity (Wildman–Crippen MR) is 62.1 cm³/mol. The van der Waals surface area contributed by atoms with Gasteiger partial charge in [-0.1, -0.05) is 0 Å². The molecule has 16 heavy (non-hydrogen) atoms. The Morgan fingerprint density at radius 2 is 2.25 bits per heavy atom. The molecule has 1 heterocycles. The highest BCUT2D eigenvalue weighted by molar-refractivity contribution is 9.10. The summed E-state index contributed by atoms with van der Waals surface area (Å²) in [4.78, 5) is 25.3. The molecule has 0 unspecified atom stereocenters. The van der Waals surface area contributed by atoms with E-state index >= 15 is 0 Å². The fourth-order valence-electron chi connectivity index (χ4n) is 1.11. The van der Waals surface area contributed by atoms with Gasteiger partial charge in [0.2, 0.25) is 0 Å². The SMILES string of the molecule is CCOC(=O)CCNC(=O)c1ccc(Br)[nH]1. The minimum Gasteiger partial charge on any atom is -0.466 e. The fourth-order valence-corrected chi connectivity index (χ4v) is 1.45. The van der Waals surface area contributed by atoms with E-state index in [0.717, 1.165) is 4.60 Å². The summed E-state index contributed by atoms with van der Waals surface area (Å²) in [5.41, 5.74) is 0.454. The molecule has 6 heteroatoms. The summed E-state index contributed by atoms with van der Waals surface area (Å²) in [5.74, 6) is -0.550. The van der Waals surface area contributed by atoms with Crippen LogP contribution in [-0.2, 0) is 9.53 Å². The maximum atomic E-state index is 11.5. The Hall–Kier alpha value is -1.30. The van der Waals surface area contributed by atoms with Crippen LogP contribution in [0.25, 0.3) is 0 Å². The first-order chi connectivity index (χ1) is 7.63. The summed E-state index contributed by atoms with van der Waals surface area (Å²) < 4.78 is 5.47. The number of halogens is 1. The minimum atomic E-state index is -0.310. The molecule has 0 spiro atoms. The zero-order chi connectivity index (χ0) is 12.0. The molecule has 0 bridgehead atoms. The second-order valence-electron chi connectivity index (χ2n) is 3.03. The van der Waals surface area contributed by atoms with E-state index in [1.165, 1.54) is 0 Å². The number of hydrogen-bond donors (Lipinski definition) is 2. The van der Waals surface area contributed by atoms with Gasteiger partial charge in [0.25, 0.3) is 5.91 Å². The van der Waals surface area contributed by atoms with Gasteiger partial charge in [0.1, 0.15) is 5.69 Å². The normalized spacial score (nSPS) is 9.88. The summed E-state index contributed by atoms with van der Waals surface area (Å²) in [5, 5.41) is 2.61. The van der Waals surface area contributed by atoms with Crippen LogP contribution >= 0.6 is 15.9 Å². The van der Waals surface area contributed by atoms with E-state index in [4.69, 9.17) is 4.74 Å². The van der Waals surface area contributed by atoms with Crippen LogP contribution < -0.4 is 5.32 Å². The summed E-state index contributed by atoms with van der Waals surface area (Å²) in [6, 6.07) is 3.39. The van der Waals surface area contributed by atoms with Gasteiger partial charge in [0.05, 0.1) is 17.6 Å². The smallest absolute Gasteiger partial charge is 0.307 e. The number of carbonyl (C=O) groups is 2. The summed E-state index contributed by atoms with van der Waals surface area (Å²) in [7, 11) is 0. The van der Waals surface area contributed by atoms with Gasteiger partial charge in [-0.2, -0.15) is 0 Å². The lowest BCUT2D eigenvalue weighted by atomic mass is 10.4. The van der Waals surface area contributed by atoms with Crippen molar-refractivity contribution in [1.29, 1.82) is 0 Å². The average Bonchev–Trinajstić information content (AvgIpc) is 2.65. The minimum absolute atomic E-state index is 0.182. The zero-order valence-corrected chi connectivity index (χ0v) is 10.5. The van der Waals surface area contributed by atoms with Gasteiger partial charge in [0.15, 0.2) is 0 Å². The molecule has 2 N–H and O–H groups in total. The number of hydrogen-bond acceptors (Lipinski definition) is 3. The number of nitrogens with one attached hydrogen (secondary N) is 2. The molecule has 0 radical (unpaired) electrons. The number of amides is 1. The number of carbonyl (C=O) groups excluding carboxylic acids is 2. The Morgan fingerprint density at radius 1 is 1.50 bits per heavy atom. The molecule has 0 saturated heterocycles. The molecule has 1 rings (SSSR count). The van der Waals surface area contributed by atoms with Crippen molar-refractivity contribution in [3.63, 3.8) is 0 Å². The van der Waals surface area contributed by atoms with Crippen LogP contribution in [0, 0.1) is 0 Å². The number of H-pyrrole nitrogens is 1. The first kappa shape index (κ1) is 12.8. The van der Waals surface area contributed by atoms with E-state index in [9.17, 15) is 9.59 Å². The van der Waals surface area contributed by atoms with Crippen molar-refractivity contribution in [2.24, 2.45) is 0 Å². The van der Waals surface area contributed by atoms with Crippen LogP contribution in [-0.4, -0.2) is 30.0 Å². The molecule has 1 aromatic rings. The Balaban J connectivity index is 2.28. The van der Waals surface area contributed by atoms with Crippen molar-refractivity contribution < 1.29 is 14.3 Å². The lowest BCUT2D eigenvalue weighted by Crippen LogP contribution is -2.26. The average molecular weight is 289 g/mol. The Kier molecular flexibility index (Phi) is 5.04. The van der Waals surface area contributed by atoms with Crippen LogP contribution in [0.2, 0.25) is 0 Å². The van der Waals surface area contributed by atoms with Gasteiger partial charge in [-0.05, 0) is 35.0 Å². The second-order valence-corrected chi connectivity index (χ2v) is 3.89. The van der Waals surface area contributed by atoms with Gasteiger partial charge in [-0.3, -0.25) is 9.59 Å². The standard InChI is InChI=1S/C10H13BrN2O3/c1-2-16-9(14)5-6-12-10(15)7-3-4-8(11)13-7/h3-4,13H,2,5-6H2,1H3,(H,12,15). The van der Waals surface area contributed by atoms with E-state index in [1.807, 2.05) is 0 Å². The molecule has 1 amide bonds. The highest BCUT2D eigenvalue weighted by Gasteiger charge is 2.08. The van der Waals surface area contributed by atoms with Crippen LogP contribution in [0.5, 0.6) is 0 Å². The molecule has 0 fully saturated rings. The molecule has 5 nitrogen and oxygen atoms in total. The second kappa shape index (κ2) is 6.32. The first-order valence-corrected chi connectivity index (χ1v) is 5.71.